The van der Waals surface area contributed by atoms with Crippen molar-refractivity contribution in [2.75, 3.05) is 11.9 Å². The Hall–Kier alpha value is -4.47. The number of hydrogen-bond donors (Lipinski definition) is 2. The first kappa shape index (κ1) is 27.6. The van der Waals surface area contributed by atoms with E-state index in [2.05, 4.69) is 30.1 Å². The number of carboxylic acid groups (broad SMARTS) is 1. The normalized spacial score (nSPS) is 11.9. The second-order valence-corrected chi connectivity index (χ2v) is 8.02. The number of nitrogens with one attached hydrogen (secondary N) is 1. The van der Waals surface area contributed by atoms with E-state index in [1.165, 1.54) is 12.1 Å². The first-order valence-corrected chi connectivity index (χ1v) is 10.7. The van der Waals surface area contributed by atoms with E-state index in [0.29, 0.717) is 6.07 Å². The van der Waals surface area contributed by atoms with Crippen LogP contribution in [0.4, 0.5) is 42.4 Å². The minimum absolute atomic E-state index is 0.0908. The van der Waals surface area contributed by atoms with Gasteiger partial charge < -0.3 is 15.2 Å². The highest BCUT2D eigenvalue weighted by Crippen LogP contribution is 2.32. The molecular weight excluding hydrogens is 565 g/mol. The number of carbonyl (C=O) groups is 1. The summed E-state index contributed by atoms with van der Waals surface area (Å²) in [5, 5.41) is 15.4. The molecule has 0 fully saturated rings. The third-order valence-electron chi connectivity index (χ3n) is 4.81. The number of nitrogens with zero attached hydrogens (tertiary/aromatic N) is 5. The lowest BCUT2D eigenvalue weighted by atomic mass is 10.1. The molecule has 0 spiro atoms. The number of carboxylic acids is 1. The molecule has 17 heteroatoms. The second-order valence-electron chi connectivity index (χ2n) is 7.61. The Morgan fingerprint density at radius 1 is 1.08 bits per heavy atom. The van der Waals surface area contributed by atoms with E-state index >= 15 is 0 Å². The van der Waals surface area contributed by atoms with Gasteiger partial charge in [-0.25, -0.2) is 23.8 Å². The molecule has 0 aliphatic heterocycles. The number of alkyl halides is 6. The summed E-state index contributed by atoms with van der Waals surface area (Å²) in [6.07, 6.45) is -6.63. The van der Waals surface area contributed by atoms with Gasteiger partial charge in [0.25, 0.3) is 0 Å². The maximum atomic E-state index is 13.5. The van der Waals surface area contributed by atoms with Gasteiger partial charge in [-0.15, -0.1) is 0 Å². The molecule has 3 heterocycles. The van der Waals surface area contributed by atoms with Gasteiger partial charge in [-0.2, -0.15) is 36.4 Å². The van der Waals surface area contributed by atoms with Crippen molar-refractivity contribution in [2.24, 2.45) is 0 Å². The molecule has 0 saturated heterocycles. The molecule has 204 valence electrons. The summed E-state index contributed by atoms with van der Waals surface area (Å²) >= 11 is 5.75. The van der Waals surface area contributed by atoms with Crippen LogP contribution >= 0.6 is 11.6 Å². The van der Waals surface area contributed by atoms with Crippen molar-refractivity contribution in [2.45, 2.75) is 12.4 Å². The minimum atomic E-state index is -4.81. The zero-order valence-corrected chi connectivity index (χ0v) is 19.6. The standard InChI is InChI=1S/C22H12ClF7N6O3/c23-14-6-11(1-2-15(14)24)33-20-32-8-13(17(34-20)36-4-3-16(35-36)22(28,29)30)10-5-12(19(37)38)18(31-7-10)39-9-21(25,26)27/h1-8H,9H2,(H,37,38)(H,32,33,34). The molecule has 2 N–H and O–H groups in total. The smallest absolute Gasteiger partial charge is 0.435 e. The molecule has 0 aliphatic rings. The third kappa shape index (κ3) is 6.51. The number of aromatic carboxylic acids is 1. The number of benzene rings is 1. The molecule has 0 aliphatic carbocycles. The first-order chi connectivity index (χ1) is 18.2. The van der Waals surface area contributed by atoms with Crippen molar-refractivity contribution >= 4 is 29.2 Å². The molecular formula is C22H12ClF7N6O3. The molecule has 0 saturated carbocycles. The summed E-state index contributed by atoms with van der Waals surface area (Å²) in [5.41, 5.74) is -2.00. The van der Waals surface area contributed by atoms with Crippen molar-refractivity contribution in [3.8, 4) is 22.8 Å². The molecule has 0 bridgehead atoms. The largest absolute Gasteiger partial charge is 0.477 e. The Balaban J connectivity index is 1.81. The van der Waals surface area contributed by atoms with Gasteiger partial charge in [0, 0.05) is 35.4 Å². The van der Waals surface area contributed by atoms with Crippen LogP contribution in [0.3, 0.4) is 0 Å². The molecule has 0 unspecified atom stereocenters. The molecule has 4 rings (SSSR count). The number of anilines is 2. The highest BCUT2D eigenvalue weighted by atomic mass is 35.5. The average molecular weight is 577 g/mol. The van der Waals surface area contributed by atoms with Gasteiger partial charge in [-0.1, -0.05) is 11.6 Å². The van der Waals surface area contributed by atoms with Crippen LogP contribution in [0.25, 0.3) is 16.9 Å². The van der Waals surface area contributed by atoms with Crippen molar-refractivity contribution in [1.82, 2.24) is 24.7 Å². The fraction of sp³-hybridized carbons (Fsp3) is 0.136. The predicted molar refractivity (Wildman–Crippen MR) is 121 cm³/mol. The zero-order valence-electron chi connectivity index (χ0n) is 18.8. The lowest BCUT2D eigenvalue weighted by Gasteiger charge is -2.14. The quantitative estimate of drug-likeness (QED) is 0.261. The number of pyridine rings is 1. The van der Waals surface area contributed by atoms with E-state index in [0.717, 1.165) is 35.4 Å². The van der Waals surface area contributed by atoms with E-state index in [9.17, 15) is 40.6 Å². The van der Waals surface area contributed by atoms with Gasteiger partial charge in [0.1, 0.15) is 11.4 Å². The summed E-state index contributed by atoms with van der Waals surface area (Å²) < 4.78 is 95.9. The van der Waals surface area contributed by atoms with Gasteiger partial charge in [0.05, 0.1) is 5.02 Å². The van der Waals surface area contributed by atoms with E-state index in [-0.39, 0.29) is 33.6 Å². The van der Waals surface area contributed by atoms with Crippen LogP contribution in [0, 0.1) is 5.82 Å². The van der Waals surface area contributed by atoms with E-state index in [1.807, 2.05) is 0 Å². The van der Waals surface area contributed by atoms with Gasteiger partial charge in [0.15, 0.2) is 18.1 Å². The van der Waals surface area contributed by atoms with Crippen molar-refractivity contribution in [3.05, 3.63) is 71.0 Å². The highest BCUT2D eigenvalue weighted by molar-refractivity contribution is 6.31. The molecule has 0 amide bonds. The molecule has 1 aromatic carbocycles. The Bertz CT molecular complexity index is 1540. The van der Waals surface area contributed by atoms with Crippen LogP contribution in [0.15, 0.2) is 48.9 Å². The van der Waals surface area contributed by atoms with Gasteiger partial charge in [0.2, 0.25) is 11.8 Å². The summed E-state index contributed by atoms with van der Waals surface area (Å²) in [6.45, 7) is -1.81. The molecule has 4 aromatic rings. The summed E-state index contributed by atoms with van der Waals surface area (Å²) in [6, 6.07) is 5.09. The van der Waals surface area contributed by atoms with Gasteiger partial charge >= 0.3 is 18.3 Å². The number of hydrogen-bond acceptors (Lipinski definition) is 7. The highest BCUT2D eigenvalue weighted by Gasteiger charge is 2.34. The van der Waals surface area contributed by atoms with Crippen molar-refractivity contribution < 1.29 is 45.4 Å². The molecule has 0 atom stereocenters. The topological polar surface area (TPSA) is 115 Å². The van der Waals surface area contributed by atoms with Crippen LogP contribution < -0.4 is 10.1 Å². The lowest BCUT2D eigenvalue weighted by molar-refractivity contribution is -0.154. The Kier molecular flexibility index (Phi) is 7.32. The minimum Gasteiger partial charge on any atom is -0.477 e. The van der Waals surface area contributed by atoms with Crippen molar-refractivity contribution in [3.63, 3.8) is 0 Å². The van der Waals surface area contributed by atoms with Gasteiger partial charge in [-0.3, -0.25) is 0 Å². The molecule has 3 aromatic heterocycles. The first-order valence-electron chi connectivity index (χ1n) is 10.4. The SMILES string of the molecule is O=C(O)c1cc(-c2cnc(Nc3ccc(F)c(Cl)c3)nc2-n2ccc(C(F)(F)F)n2)cnc1OCC(F)(F)F. The summed E-state index contributed by atoms with van der Waals surface area (Å²) in [4.78, 5) is 23.5. The number of halogens is 8. The van der Waals surface area contributed by atoms with Gasteiger partial charge in [-0.05, 0) is 30.3 Å². The lowest BCUT2D eigenvalue weighted by Crippen LogP contribution is -2.20. The third-order valence-corrected chi connectivity index (χ3v) is 5.10. The second kappa shape index (κ2) is 10.4. The number of rotatable bonds is 7. The fourth-order valence-corrected chi connectivity index (χ4v) is 3.31. The Morgan fingerprint density at radius 2 is 1.82 bits per heavy atom. The van der Waals surface area contributed by atoms with Crippen LogP contribution in [0.5, 0.6) is 5.88 Å². The Labute approximate surface area is 217 Å². The maximum absolute atomic E-state index is 13.5. The van der Waals surface area contributed by atoms with E-state index in [4.69, 9.17) is 11.6 Å². The van der Waals surface area contributed by atoms with Crippen LogP contribution in [0.2, 0.25) is 5.02 Å². The Morgan fingerprint density at radius 3 is 2.44 bits per heavy atom. The maximum Gasteiger partial charge on any atom is 0.435 e. The number of aromatic nitrogens is 5. The molecule has 0 radical (unpaired) electrons. The summed E-state index contributed by atoms with van der Waals surface area (Å²) in [7, 11) is 0. The zero-order chi connectivity index (χ0) is 28.5. The molecule has 39 heavy (non-hydrogen) atoms. The number of ether oxygens (including phenoxy) is 1. The summed E-state index contributed by atoms with van der Waals surface area (Å²) in [5.74, 6) is -3.72. The van der Waals surface area contributed by atoms with E-state index < -0.39 is 47.9 Å². The van der Waals surface area contributed by atoms with Crippen LogP contribution in [0.1, 0.15) is 16.1 Å². The monoisotopic (exact) mass is 576 g/mol. The van der Waals surface area contributed by atoms with Crippen LogP contribution in [-0.2, 0) is 6.18 Å². The van der Waals surface area contributed by atoms with Crippen molar-refractivity contribution in [1.29, 1.82) is 0 Å². The van der Waals surface area contributed by atoms with Crippen LogP contribution in [-0.4, -0.2) is 48.6 Å². The molecule has 9 nitrogen and oxygen atoms in total. The fourth-order valence-electron chi connectivity index (χ4n) is 3.13. The van der Waals surface area contributed by atoms with E-state index in [1.54, 1.807) is 0 Å². The average Bonchev–Trinajstić information content (AvgIpc) is 3.35. The predicted octanol–water partition coefficient (Wildman–Crippen LogP) is 5.92.